The molecule has 0 saturated carbocycles. The second-order valence-electron chi connectivity index (χ2n) is 8.61. The van der Waals surface area contributed by atoms with Crippen molar-refractivity contribution < 1.29 is 0 Å². The smallest absolute Gasteiger partial charge is 0.0172 e. The van der Waals surface area contributed by atoms with Crippen LogP contribution in [0.25, 0.3) is 44.5 Å². The summed E-state index contributed by atoms with van der Waals surface area (Å²) < 4.78 is 0. The van der Waals surface area contributed by atoms with Gasteiger partial charge < -0.3 is 0 Å². The van der Waals surface area contributed by atoms with Gasteiger partial charge in [0, 0.05) is 0 Å². The number of benzene rings is 4. The fraction of sp³-hybridized carbons (Fsp3) is 0.0556. The van der Waals surface area contributed by atoms with E-state index in [0.29, 0.717) is 0 Å². The monoisotopic (exact) mass is 464 g/mol. The highest BCUT2D eigenvalue weighted by atomic mass is 14.1. The first-order valence-corrected chi connectivity index (χ1v) is 12.3. The molecule has 0 fully saturated rings. The van der Waals surface area contributed by atoms with Crippen LogP contribution in [0.2, 0.25) is 0 Å². The van der Waals surface area contributed by atoms with E-state index in [4.69, 9.17) is 0 Å². The molecule has 0 saturated heterocycles. The minimum atomic E-state index is 1.13. The Labute approximate surface area is 216 Å². The van der Waals surface area contributed by atoms with Gasteiger partial charge in [0.05, 0.1) is 0 Å². The number of allylic oxidation sites excluding steroid dienone is 8. The molecule has 4 aromatic rings. The Morgan fingerprint density at radius 3 is 1.67 bits per heavy atom. The maximum Gasteiger partial charge on any atom is -0.0172 e. The standard InChI is InChI=1S/C36H32/c1-5-9-14-28(8-4)32-17-13-18-33(23-32)30-19-21-31(22-20-30)36-25-34(27(6-2)7-3)24-35(26-36)29-15-11-10-12-16-29/h5-26H,1-2H2,3-4H3/b14-9-,27-7+,28-8+. The topological polar surface area (TPSA) is 0 Å². The van der Waals surface area contributed by atoms with Gasteiger partial charge in [-0.05, 0) is 93.8 Å². The van der Waals surface area contributed by atoms with Gasteiger partial charge in [-0.2, -0.15) is 0 Å². The van der Waals surface area contributed by atoms with Crippen LogP contribution < -0.4 is 0 Å². The minimum Gasteiger partial charge on any atom is -0.0991 e. The summed E-state index contributed by atoms with van der Waals surface area (Å²) >= 11 is 0. The van der Waals surface area contributed by atoms with Crippen molar-refractivity contribution >= 4 is 11.1 Å². The molecule has 0 N–H and O–H groups in total. The molecule has 36 heavy (non-hydrogen) atoms. The summed E-state index contributed by atoms with van der Waals surface area (Å²) in [5, 5.41) is 0. The molecule has 0 spiro atoms. The molecular weight excluding hydrogens is 432 g/mol. The van der Waals surface area contributed by atoms with Crippen molar-refractivity contribution in [1.29, 1.82) is 0 Å². The Bertz CT molecular complexity index is 1440. The van der Waals surface area contributed by atoms with Gasteiger partial charge >= 0.3 is 0 Å². The molecule has 4 rings (SSSR count). The lowest BCUT2D eigenvalue weighted by atomic mass is 9.92. The number of hydrogen-bond donors (Lipinski definition) is 0. The predicted molar refractivity (Wildman–Crippen MR) is 160 cm³/mol. The van der Waals surface area contributed by atoms with Crippen LogP contribution in [-0.2, 0) is 0 Å². The van der Waals surface area contributed by atoms with E-state index < -0.39 is 0 Å². The van der Waals surface area contributed by atoms with Gasteiger partial charge in [-0.15, -0.1) is 0 Å². The van der Waals surface area contributed by atoms with E-state index in [9.17, 15) is 0 Å². The minimum absolute atomic E-state index is 1.13. The van der Waals surface area contributed by atoms with Crippen LogP contribution in [-0.4, -0.2) is 0 Å². The molecule has 0 aliphatic carbocycles. The molecule has 0 nitrogen and oxygen atoms in total. The summed E-state index contributed by atoms with van der Waals surface area (Å²) in [7, 11) is 0. The quantitative estimate of drug-likeness (QED) is 0.227. The summed E-state index contributed by atoms with van der Waals surface area (Å²) in [4.78, 5) is 0. The largest absolute Gasteiger partial charge is 0.0991 e. The zero-order valence-electron chi connectivity index (χ0n) is 21.1. The Morgan fingerprint density at radius 2 is 1.08 bits per heavy atom. The normalized spacial score (nSPS) is 12.1. The molecule has 0 radical (unpaired) electrons. The van der Waals surface area contributed by atoms with Crippen LogP contribution in [0.15, 0.2) is 147 Å². The third-order valence-corrected chi connectivity index (χ3v) is 6.37. The maximum absolute atomic E-state index is 4.02. The van der Waals surface area contributed by atoms with Crippen LogP contribution in [0, 0.1) is 0 Å². The van der Waals surface area contributed by atoms with Crippen LogP contribution in [0.3, 0.4) is 0 Å². The van der Waals surface area contributed by atoms with Crippen molar-refractivity contribution in [2.45, 2.75) is 13.8 Å². The average Bonchev–Trinajstić information content (AvgIpc) is 2.95. The van der Waals surface area contributed by atoms with E-state index in [2.05, 4.69) is 142 Å². The highest BCUT2D eigenvalue weighted by molar-refractivity contribution is 5.84. The van der Waals surface area contributed by atoms with Gasteiger partial charge in [0.2, 0.25) is 0 Å². The van der Waals surface area contributed by atoms with Crippen molar-refractivity contribution in [3.63, 3.8) is 0 Å². The fourth-order valence-corrected chi connectivity index (χ4v) is 4.42. The Balaban J connectivity index is 1.73. The lowest BCUT2D eigenvalue weighted by molar-refractivity contribution is 1.53. The zero-order chi connectivity index (χ0) is 25.3. The average molecular weight is 465 g/mol. The Kier molecular flexibility index (Phi) is 8.11. The van der Waals surface area contributed by atoms with Crippen molar-refractivity contribution in [3.8, 4) is 33.4 Å². The zero-order valence-corrected chi connectivity index (χ0v) is 21.1. The van der Waals surface area contributed by atoms with Crippen molar-refractivity contribution in [2.24, 2.45) is 0 Å². The van der Waals surface area contributed by atoms with Crippen molar-refractivity contribution in [2.75, 3.05) is 0 Å². The van der Waals surface area contributed by atoms with E-state index in [1.807, 2.05) is 12.2 Å². The maximum atomic E-state index is 4.02. The van der Waals surface area contributed by atoms with Crippen molar-refractivity contribution in [1.82, 2.24) is 0 Å². The molecule has 0 aliphatic rings. The first-order valence-electron chi connectivity index (χ1n) is 12.3. The second kappa shape index (κ2) is 11.8. The van der Waals surface area contributed by atoms with Gasteiger partial charge in [0.15, 0.2) is 0 Å². The van der Waals surface area contributed by atoms with Gasteiger partial charge in [-0.3, -0.25) is 0 Å². The van der Waals surface area contributed by atoms with Gasteiger partial charge in [-0.25, -0.2) is 0 Å². The van der Waals surface area contributed by atoms with Crippen LogP contribution in [0.5, 0.6) is 0 Å². The molecular formula is C36H32. The van der Waals surface area contributed by atoms with E-state index >= 15 is 0 Å². The Morgan fingerprint density at radius 1 is 0.528 bits per heavy atom. The molecule has 4 aromatic carbocycles. The third-order valence-electron chi connectivity index (χ3n) is 6.37. The molecule has 0 aromatic heterocycles. The summed E-state index contributed by atoms with van der Waals surface area (Å²) in [6.07, 6.45) is 12.0. The first kappa shape index (κ1) is 24.7. The van der Waals surface area contributed by atoms with Crippen LogP contribution >= 0.6 is 0 Å². The highest BCUT2D eigenvalue weighted by Gasteiger charge is 2.08. The molecule has 176 valence electrons. The van der Waals surface area contributed by atoms with E-state index in [1.54, 1.807) is 6.08 Å². The molecule has 0 heterocycles. The molecule has 0 amide bonds. The van der Waals surface area contributed by atoms with Crippen LogP contribution in [0.4, 0.5) is 0 Å². The number of hydrogen-bond acceptors (Lipinski definition) is 0. The SMILES string of the molecule is C=C/C=C\C(=C/C)c1cccc(-c2ccc(-c3cc(/C(C=C)=C/C)cc(-c4ccccc4)c3)cc2)c1. The predicted octanol–water partition coefficient (Wildman–Crippen LogP) is 10.4. The molecule has 0 atom stereocenters. The molecule has 0 unspecified atom stereocenters. The van der Waals surface area contributed by atoms with Gasteiger partial charge in [-0.1, -0.05) is 122 Å². The molecule has 0 bridgehead atoms. The summed E-state index contributed by atoms with van der Waals surface area (Å²) in [6.45, 7) is 11.9. The molecule has 0 heteroatoms. The summed E-state index contributed by atoms with van der Waals surface area (Å²) in [5.74, 6) is 0. The number of rotatable bonds is 8. The van der Waals surface area contributed by atoms with E-state index in [-0.39, 0.29) is 0 Å². The summed E-state index contributed by atoms with van der Waals surface area (Å²) in [6, 6.07) is 34.8. The summed E-state index contributed by atoms with van der Waals surface area (Å²) in [5.41, 5.74) is 11.9. The lowest BCUT2D eigenvalue weighted by Gasteiger charge is -2.12. The lowest BCUT2D eigenvalue weighted by Crippen LogP contribution is -1.88. The van der Waals surface area contributed by atoms with Crippen LogP contribution in [0.1, 0.15) is 25.0 Å². The van der Waals surface area contributed by atoms with Gasteiger partial charge in [0.25, 0.3) is 0 Å². The highest BCUT2D eigenvalue weighted by Crippen LogP contribution is 2.33. The van der Waals surface area contributed by atoms with Gasteiger partial charge in [0.1, 0.15) is 0 Å². The Hall–Kier alpha value is -4.42. The fourth-order valence-electron chi connectivity index (χ4n) is 4.42. The second-order valence-corrected chi connectivity index (χ2v) is 8.61. The van der Waals surface area contributed by atoms with Crippen molar-refractivity contribution in [3.05, 3.63) is 158 Å². The van der Waals surface area contributed by atoms with E-state index in [1.165, 1.54) is 50.1 Å². The third kappa shape index (κ3) is 5.62. The molecule has 0 aliphatic heterocycles. The van der Waals surface area contributed by atoms with E-state index in [0.717, 1.165) is 5.57 Å². The first-order chi connectivity index (χ1) is 17.7.